The van der Waals surface area contributed by atoms with Gasteiger partial charge in [0.25, 0.3) is 0 Å². The minimum atomic E-state index is -1.16. The molecule has 3 aromatic rings. The van der Waals surface area contributed by atoms with Crippen molar-refractivity contribution < 1.29 is 19.5 Å². The van der Waals surface area contributed by atoms with Crippen molar-refractivity contribution in [3.63, 3.8) is 0 Å². The van der Waals surface area contributed by atoms with Crippen LogP contribution in [-0.2, 0) is 11.3 Å². The molecule has 4 amide bonds. The number of nitrogens with zero attached hydrogens (tertiary/aromatic N) is 4. The van der Waals surface area contributed by atoms with E-state index in [1.54, 1.807) is 21.1 Å². The van der Waals surface area contributed by atoms with Crippen LogP contribution in [0.3, 0.4) is 0 Å². The number of benzene rings is 2. The number of thiophene rings is 1. The third-order valence-corrected chi connectivity index (χ3v) is 7.18. The van der Waals surface area contributed by atoms with E-state index in [1.807, 2.05) is 86.6 Å². The van der Waals surface area contributed by atoms with E-state index in [0.717, 1.165) is 4.88 Å². The molecule has 1 aliphatic rings. The first-order chi connectivity index (χ1) is 17.4. The van der Waals surface area contributed by atoms with Crippen molar-refractivity contribution in [3.8, 4) is 0 Å². The number of piperazine rings is 1. The summed E-state index contributed by atoms with van der Waals surface area (Å²) in [6, 6.07) is 20.5. The van der Waals surface area contributed by atoms with Crippen LogP contribution in [0.15, 0.2) is 72.8 Å². The normalized spacial score (nSPS) is 15.4. The molecule has 1 atom stereocenters. The molecule has 0 bridgehead atoms. The molecule has 0 spiro atoms. The van der Waals surface area contributed by atoms with Crippen LogP contribution in [0.25, 0.3) is 0 Å². The fourth-order valence-electron chi connectivity index (χ4n) is 4.32. The number of hydrogen-bond donors (Lipinski definition) is 1. The molecule has 4 rings (SSSR count). The van der Waals surface area contributed by atoms with E-state index in [-0.39, 0.29) is 25.7 Å². The van der Waals surface area contributed by atoms with Crippen molar-refractivity contribution in [2.45, 2.75) is 26.4 Å². The Morgan fingerprint density at radius 2 is 1.53 bits per heavy atom. The number of carbonyl (C=O) groups is 3. The monoisotopic (exact) mass is 506 g/mol. The minimum absolute atomic E-state index is 0.0721. The first kappa shape index (κ1) is 25.2. The Bertz CT molecular complexity index is 1160. The van der Waals surface area contributed by atoms with Gasteiger partial charge in [-0.1, -0.05) is 36.4 Å². The van der Waals surface area contributed by atoms with Crippen molar-refractivity contribution in [1.29, 1.82) is 0 Å². The Kier molecular flexibility index (Phi) is 7.90. The van der Waals surface area contributed by atoms with Gasteiger partial charge in [0.1, 0.15) is 6.04 Å². The van der Waals surface area contributed by atoms with Crippen LogP contribution in [-0.4, -0.2) is 70.1 Å². The molecule has 9 heteroatoms. The third-order valence-electron chi connectivity index (χ3n) is 6.20. The van der Waals surface area contributed by atoms with Gasteiger partial charge >= 0.3 is 18.0 Å². The van der Waals surface area contributed by atoms with Crippen LogP contribution < -0.4 is 4.90 Å². The third kappa shape index (κ3) is 5.52. The maximum Gasteiger partial charge on any atom is 0.329 e. The lowest BCUT2D eigenvalue weighted by Crippen LogP contribution is -2.62. The van der Waals surface area contributed by atoms with Gasteiger partial charge in [0.2, 0.25) is 0 Å². The van der Waals surface area contributed by atoms with Crippen molar-refractivity contribution >= 4 is 40.7 Å². The van der Waals surface area contributed by atoms with E-state index in [9.17, 15) is 19.5 Å². The number of urea groups is 2. The predicted molar refractivity (Wildman–Crippen MR) is 141 cm³/mol. The summed E-state index contributed by atoms with van der Waals surface area (Å²) in [5.74, 6) is -1.14. The topological polar surface area (TPSA) is 84.4 Å². The van der Waals surface area contributed by atoms with Crippen LogP contribution in [0.2, 0.25) is 0 Å². The molecule has 2 heterocycles. The lowest BCUT2D eigenvalue weighted by atomic mass is 10.1. The number of carboxylic acid groups (broad SMARTS) is 1. The molecule has 1 N–H and O–H groups in total. The van der Waals surface area contributed by atoms with Gasteiger partial charge < -0.3 is 19.8 Å². The molecular weight excluding hydrogens is 476 g/mol. The second kappa shape index (κ2) is 11.3. The minimum Gasteiger partial charge on any atom is -0.480 e. The van der Waals surface area contributed by atoms with E-state index >= 15 is 0 Å². The van der Waals surface area contributed by atoms with E-state index in [4.69, 9.17) is 0 Å². The smallest absolute Gasteiger partial charge is 0.329 e. The molecule has 0 aliphatic carbocycles. The average molecular weight is 507 g/mol. The average Bonchev–Trinajstić information content (AvgIpc) is 3.32. The first-order valence-corrected chi connectivity index (χ1v) is 12.7. The lowest BCUT2D eigenvalue weighted by Gasteiger charge is -2.42. The molecule has 1 aliphatic heterocycles. The van der Waals surface area contributed by atoms with Crippen molar-refractivity contribution in [2.75, 3.05) is 31.1 Å². The summed E-state index contributed by atoms with van der Waals surface area (Å²) in [4.78, 5) is 47.8. The van der Waals surface area contributed by atoms with Crippen LogP contribution >= 0.6 is 11.3 Å². The van der Waals surface area contributed by atoms with E-state index in [2.05, 4.69) is 0 Å². The highest BCUT2D eigenvalue weighted by Crippen LogP contribution is 2.28. The van der Waals surface area contributed by atoms with E-state index in [0.29, 0.717) is 24.5 Å². The van der Waals surface area contributed by atoms with Crippen molar-refractivity contribution in [1.82, 2.24) is 14.7 Å². The molecule has 0 unspecified atom stereocenters. The molecular formula is C27H30N4O4S. The lowest BCUT2D eigenvalue weighted by molar-refractivity contribution is -0.143. The van der Waals surface area contributed by atoms with Gasteiger partial charge in [-0.05, 0) is 50.2 Å². The molecule has 1 saturated heterocycles. The number of aliphatic carboxylic acids is 1. The Hall–Kier alpha value is -3.85. The highest BCUT2D eigenvalue weighted by Gasteiger charge is 2.40. The zero-order chi connectivity index (χ0) is 25.7. The molecule has 1 aromatic heterocycles. The highest BCUT2D eigenvalue weighted by atomic mass is 32.1. The molecule has 8 nitrogen and oxygen atoms in total. The zero-order valence-corrected chi connectivity index (χ0v) is 21.2. The Balaban J connectivity index is 1.55. The summed E-state index contributed by atoms with van der Waals surface area (Å²) in [6.45, 7) is 5.21. The van der Waals surface area contributed by atoms with Crippen LogP contribution in [0.4, 0.5) is 21.0 Å². The zero-order valence-electron chi connectivity index (χ0n) is 20.4. The van der Waals surface area contributed by atoms with Crippen LogP contribution in [0, 0.1) is 6.92 Å². The number of para-hydroxylation sites is 2. The quantitative estimate of drug-likeness (QED) is 0.508. The van der Waals surface area contributed by atoms with Gasteiger partial charge in [0.05, 0.1) is 24.5 Å². The molecule has 2 aromatic carbocycles. The fraction of sp³-hybridized carbons (Fsp3) is 0.296. The summed E-state index contributed by atoms with van der Waals surface area (Å²) in [5, 5.41) is 10.1. The number of carbonyl (C=O) groups excluding carboxylic acids is 2. The summed E-state index contributed by atoms with van der Waals surface area (Å²) < 4.78 is 0. The molecule has 0 radical (unpaired) electrons. The van der Waals surface area contributed by atoms with Gasteiger partial charge in [-0.3, -0.25) is 4.90 Å². The highest BCUT2D eigenvalue weighted by molar-refractivity contribution is 7.11. The maximum absolute atomic E-state index is 13.8. The fourth-order valence-corrected chi connectivity index (χ4v) is 5.23. The number of aryl methyl sites for hydroxylation is 1. The number of hydrogen-bond acceptors (Lipinski definition) is 4. The van der Waals surface area contributed by atoms with Crippen molar-refractivity contribution in [2.24, 2.45) is 0 Å². The standard InChI is InChI=1S/C27H30N4O4S/c1-3-28(18-23-15-14-20(2)36-23)26(34)29-16-17-30(24(19-29)25(32)33)27(35)31(21-10-6-4-7-11-21)22-12-8-5-9-13-22/h4-15,24H,3,16-19H2,1-2H3,(H,32,33)/t24-/m0/s1. The van der Waals surface area contributed by atoms with Gasteiger partial charge in [-0.2, -0.15) is 0 Å². The SMILES string of the molecule is CCN(Cc1ccc(C)s1)C(=O)N1CCN(C(=O)N(c2ccccc2)c2ccccc2)[C@H](C(=O)O)C1. The molecule has 0 saturated carbocycles. The Morgan fingerprint density at radius 1 is 0.917 bits per heavy atom. The first-order valence-electron chi connectivity index (χ1n) is 11.9. The van der Waals surface area contributed by atoms with Crippen LogP contribution in [0.5, 0.6) is 0 Å². The second-order valence-corrected chi connectivity index (χ2v) is 9.96. The molecule has 1 fully saturated rings. The summed E-state index contributed by atoms with van der Waals surface area (Å²) in [5.41, 5.74) is 1.28. The Morgan fingerprint density at radius 3 is 2.03 bits per heavy atom. The Labute approximate surface area is 215 Å². The van der Waals surface area contributed by atoms with E-state index < -0.39 is 18.0 Å². The predicted octanol–water partition coefficient (Wildman–Crippen LogP) is 5.03. The molecule has 188 valence electrons. The largest absolute Gasteiger partial charge is 0.480 e. The van der Waals surface area contributed by atoms with Crippen LogP contribution in [0.1, 0.15) is 16.7 Å². The maximum atomic E-state index is 13.8. The number of rotatable bonds is 6. The van der Waals surface area contributed by atoms with Gasteiger partial charge in [0, 0.05) is 29.4 Å². The number of amides is 4. The summed E-state index contributed by atoms with van der Waals surface area (Å²) >= 11 is 1.64. The second-order valence-electron chi connectivity index (χ2n) is 8.59. The van der Waals surface area contributed by atoms with Gasteiger partial charge in [-0.25, -0.2) is 14.4 Å². The number of carboxylic acids is 1. The van der Waals surface area contributed by atoms with Crippen molar-refractivity contribution in [3.05, 3.63) is 82.6 Å². The molecule has 36 heavy (non-hydrogen) atoms. The van der Waals surface area contributed by atoms with Gasteiger partial charge in [-0.15, -0.1) is 11.3 Å². The summed E-state index contributed by atoms with van der Waals surface area (Å²) in [6.07, 6.45) is 0. The van der Waals surface area contributed by atoms with E-state index in [1.165, 1.54) is 14.7 Å². The number of anilines is 2. The summed E-state index contributed by atoms with van der Waals surface area (Å²) in [7, 11) is 0. The van der Waals surface area contributed by atoms with Gasteiger partial charge in [0.15, 0.2) is 0 Å².